The van der Waals surface area contributed by atoms with E-state index < -0.39 is 0 Å². The van der Waals surface area contributed by atoms with Gasteiger partial charge in [-0.15, -0.1) is 0 Å². The van der Waals surface area contributed by atoms with Gasteiger partial charge in [0, 0.05) is 18.1 Å². The highest BCUT2D eigenvalue weighted by Crippen LogP contribution is 2.38. The lowest BCUT2D eigenvalue weighted by Crippen LogP contribution is -2.46. The van der Waals surface area contributed by atoms with Crippen molar-refractivity contribution in [3.8, 4) is 0 Å². The second kappa shape index (κ2) is 5.26. The lowest BCUT2D eigenvalue weighted by atomic mass is 9.83. The molecule has 0 aromatic heterocycles. The van der Waals surface area contributed by atoms with Gasteiger partial charge in [-0.25, -0.2) is 0 Å². The normalized spacial score (nSPS) is 32.5. The first-order valence-electron chi connectivity index (χ1n) is 7.66. The van der Waals surface area contributed by atoms with Crippen molar-refractivity contribution in [1.29, 1.82) is 0 Å². The molecule has 2 N–H and O–H groups in total. The summed E-state index contributed by atoms with van der Waals surface area (Å²) < 4.78 is 0. The third-order valence-electron chi connectivity index (χ3n) is 5.33. The van der Waals surface area contributed by atoms with Crippen LogP contribution in [0.2, 0.25) is 0 Å². The number of nitrogens with zero attached hydrogens (tertiary/aromatic N) is 1. The summed E-state index contributed by atoms with van der Waals surface area (Å²) in [6.07, 6.45) is 6.41. The van der Waals surface area contributed by atoms with Crippen LogP contribution in [0.25, 0.3) is 0 Å². The van der Waals surface area contributed by atoms with E-state index in [0.29, 0.717) is 6.04 Å². The third-order valence-corrected chi connectivity index (χ3v) is 5.33. The number of piperidine rings is 1. The van der Waals surface area contributed by atoms with E-state index in [1.54, 1.807) is 0 Å². The zero-order valence-corrected chi connectivity index (χ0v) is 12.2. The van der Waals surface area contributed by atoms with Crippen molar-refractivity contribution in [1.82, 2.24) is 4.90 Å². The maximum absolute atomic E-state index is 6.50. The van der Waals surface area contributed by atoms with Crippen LogP contribution >= 0.6 is 0 Å². The molecular weight excluding hydrogens is 232 g/mol. The molecule has 0 aliphatic carbocycles. The van der Waals surface area contributed by atoms with Gasteiger partial charge in [0.25, 0.3) is 0 Å². The molecule has 2 aliphatic rings. The van der Waals surface area contributed by atoms with Gasteiger partial charge in [-0.2, -0.15) is 0 Å². The maximum atomic E-state index is 6.50. The molecule has 2 heterocycles. The molecule has 2 nitrogen and oxygen atoms in total. The van der Waals surface area contributed by atoms with Gasteiger partial charge in [-0.3, -0.25) is 0 Å². The Labute approximate surface area is 117 Å². The van der Waals surface area contributed by atoms with Crippen LogP contribution in [0.3, 0.4) is 0 Å². The van der Waals surface area contributed by atoms with Gasteiger partial charge in [0.05, 0.1) is 0 Å². The van der Waals surface area contributed by atoms with Crippen LogP contribution in [0, 0.1) is 12.8 Å². The van der Waals surface area contributed by atoms with Crippen molar-refractivity contribution in [2.45, 2.75) is 57.2 Å². The van der Waals surface area contributed by atoms with Gasteiger partial charge in [0.1, 0.15) is 0 Å². The number of hydrogen-bond acceptors (Lipinski definition) is 2. The summed E-state index contributed by atoms with van der Waals surface area (Å²) in [6.45, 7) is 2.14. The molecule has 1 aromatic carbocycles. The molecule has 0 spiro atoms. The fourth-order valence-electron chi connectivity index (χ4n) is 3.97. The van der Waals surface area contributed by atoms with Crippen LogP contribution < -0.4 is 5.73 Å². The molecule has 2 aliphatic heterocycles. The second-order valence-electron chi connectivity index (χ2n) is 6.64. The quantitative estimate of drug-likeness (QED) is 0.903. The fourth-order valence-corrected chi connectivity index (χ4v) is 3.97. The predicted molar refractivity (Wildman–Crippen MR) is 80.2 cm³/mol. The van der Waals surface area contributed by atoms with Crippen LogP contribution in [0.15, 0.2) is 24.3 Å². The molecule has 2 fully saturated rings. The lowest BCUT2D eigenvalue weighted by molar-refractivity contribution is 0.120. The van der Waals surface area contributed by atoms with Crippen molar-refractivity contribution in [3.05, 3.63) is 35.4 Å². The summed E-state index contributed by atoms with van der Waals surface area (Å²) in [5, 5.41) is 0. The highest BCUT2D eigenvalue weighted by molar-refractivity contribution is 5.22. The van der Waals surface area contributed by atoms with E-state index in [-0.39, 0.29) is 0 Å². The molecular formula is C17H26N2. The lowest BCUT2D eigenvalue weighted by Gasteiger charge is -2.38. The molecule has 1 aromatic rings. The third kappa shape index (κ3) is 2.70. The zero-order chi connectivity index (χ0) is 13.4. The van der Waals surface area contributed by atoms with E-state index in [0.717, 1.165) is 24.4 Å². The molecule has 2 saturated heterocycles. The number of benzene rings is 1. The fraction of sp³-hybridized carbons (Fsp3) is 0.647. The minimum Gasteiger partial charge on any atom is -0.327 e. The van der Waals surface area contributed by atoms with E-state index in [1.165, 1.54) is 36.8 Å². The Morgan fingerprint density at radius 3 is 2.32 bits per heavy atom. The van der Waals surface area contributed by atoms with Gasteiger partial charge in [0.2, 0.25) is 0 Å². The van der Waals surface area contributed by atoms with Crippen molar-refractivity contribution in [2.24, 2.45) is 11.7 Å². The number of hydrogen-bond donors (Lipinski definition) is 1. The van der Waals surface area contributed by atoms with Crippen LogP contribution in [0.1, 0.15) is 36.8 Å². The Kier molecular flexibility index (Phi) is 3.64. The Bertz CT molecular complexity index is 411. The highest BCUT2D eigenvalue weighted by Gasteiger charge is 2.40. The van der Waals surface area contributed by atoms with Crippen LogP contribution in [-0.4, -0.2) is 30.1 Å². The first-order chi connectivity index (χ1) is 9.13. The van der Waals surface area contributed by atoms with Crippen molar-refractivity contribution >= 4 is 0 Å². The maximum Gasteiger partial charge on any atom is 0.0109 e. The van der Waals surface area contributed by atoms with Gasteiger partial charge >= 0.3 is 0 Å². The molecule has 0 radical (unpaired) electrons. The van der Waals surface area contributed by atoms with Gasteiger partial charge in [-0.05, 0) is 57.6 Å². The molecule has 2 heteroatoms. The van der Waals surface area contributed by atoms with Gasteiger partial charge in [0.15, 0.2) is 0 Å². The minimum atomic E-state index is 0.333. The number of rotatable bonds is 3. The minimum absolute atomic E-state index is 0.333. The van der Waals surface area contributed by atoms with E-state index in [1.807, 2.05) is 0 Å². The Morgan fingerprint density at radius 1 is 1.16 bits per heavy atom. The first-order valence-corrected chi connectivity index (χ1v) is 7.66. The van der Waals surface area contributed by atoms with E-state index >= 15 is 0 Å². The summed E-state index contributed by atoms with van der Waals surface area (Å²) in [7, 11) is 2.30. The molecule has 3 atom stereocenters. The topological polar surface area (TPSA) is 29.3 Å². The Hall–Kier alpha value is -0.860. The molecule has 19 heavy (non-hydrogen) atoms. The monoisotopic (exact) mass is 258 g/mol. The summed E-state index contributed by atoms with van der Waals surface area (Å²) in [4.78, 5) is 2.59. The van der Waals surface area contributed by atoms with Gasteiger partial charge < -0.3 is 10.6 Å². The molecule has 3 unspecified atom stereocenters. The molecule has 2 bridgehead atoms. The largest absolute Gasteiger partial charge is 0.327 e. The average molecular weight is 258 g/mol. The van der Waals surface area contributed by atoms with Crippen molar-refractivity contribution in [3.63, 3.8) is 0 Å². The molecule has 104 valence electrons. The number of aryl methyl sites for hydroxylation is 1. The molecule has 3 rings (SSSR count). The average Bonchev–Trinajstić information content (AvgIpc) is 2.64. The molecule has 0 amide bonds. The van der Waals surface area contributed by atoms with Crippen LogP contribution in [-0.2, 0) is 6.42 Å². The van der Waals surface area contributed by atoms with Crippen LogP contribution in [0.4, 0.5) is 0 Å². The van der Waals surface area contributed by atoms with E-state index in [4.69, 9.17) is 5.73 Å². The standard InChI is InChI=1S/C17H26N2/c1-12-3-5-13(6-4-12)9-17(18)14-10-15-7-8-16(11-14)19(15)2/h3-6,14-17H,7-11,18H2,1-2H3. The summed E-state index contributed by atoms with van der Waals surface area (Å²) >= 11 is 0. The van der Waals surface area contributed by atoms with Gasteiger partial charge in [-0.1, -0.05) is 29.8 Å². The first kappa shape index (κ1) is 13.1. The second-order valence-corrected chi connectivity index (χ2v) is 6.64. The van der Waals surface area contributed by atoms with Crippen LogP contribution in [0.5, 0.6) is 0 Å². The Balaban J connectivity index is 1.62. The smallest absolute Gasteiger partial charge is 0.0109 e. The molecule has 0 saturated carbocycles. The summed E-state index contributed by atoms with van der Waals surface area (Å²) in [5.41, 5.74) is 9.22. The number of nitrogens with two attached hydrogens (primary N) is 1. The highest BCUT2D eigenvalue weighted by atomic mass is 15.2. The number of fused-ring (bicyclic) bond motifs is 2. The van der Waals surface area contributed by atoms with E-state index in [2.05, 4.69) is 43.1 Å². The van der Waals surface area contributed by atoms with Crippen molar-refractivity contribution < 1.29 is 0 Å². The predicted octanol–water partition coefficient (Wildman–Crippen LogP) is 2.74. The summed E-state index contributed by atoms with van der Waals surface area (Å²) in [5.74, 6) is 0.718. The zero-order valence-electron chi connectivity index (χ0n) is 12.2. The summed E-state index contributed by atoms with van der Waals surface area (Å²) in [6, 6.07) is 10.8. The SMILES string of the molecule is Cc1ccc(CC(N)C2CC3CCC(C2)N3C)cc1. The van der Waals surface area contributed by atoms with Crippen molar-refractivity contribution in [2.75, 3.05) is 7.05 Å². The Morgan fingerprint density at radius 2 is 1.74 bits per heavy atom. The van der Waals surface area contributed by atoms with E-state index in [9.17, 15) is 0 Å².